The van der Waals surface area contributed by atoms with Crippen LogP contribution in [0.2, 0.25) is 0 Å². The molecule has 1 aromatic heterocycles. The summed E-state index contributed by atoms with van der Waals surface area (Å²) < 4.78 is 1.12. The van der Waals surface area contributed by atoms with Crippen molar-refractivity contribution in [2.24, 2.45) is 0 Å². The SMILES string of the molecule is CC(=O)Nc1nnc(-c2ccccc2I)s1. The van der Waals surface area contributed by atoms with Gasteiger partial charge < -0.3 is 5.32 Å². The molecule has 4 nitrogen and oxygen atoms in total. The number of benzene rings is 1. The molecule has 0 saturated carbocycles. The summed E-state index contributed by atoms with van der Waals surface area (Å²) in [6.07, 6.45) is 0. The summed E-state index contributed by atoms with van der Waals surface area (Å²) in [5.41, 5.74) is 1.04. The van der Waals surface area contributed by atoms with Crippen molar-refractivity contribution in [2.45, 2.75) is 6.92 Å². The topological polar surface area (TPSA) is 54.9 Å². The first kappa shape index (κ1) is 11.5. The smallest absolute Gasteiger partial charge is 0.223 e. The Morgan fingerprint density at radius 1 is 1.38 bits per heavy atom. The second-order valence-electron chi connectivity index (χ2n) is 3.07. The fraction of sp³-hybridized carbons (Fsp3) is 0.100. The van der Waals surface area contributed by atoms with Gasteiger partial charge >= 0.3 is 0 Å². The molecule has 0 aliphatic carbocycles. The van der Waals surface area contributed by atoms with Crippen molar-refractivity contribution >= 4 is 45.0 Å². The highest BCUT2D eigenvalue weighted by molar-refractivity contribution is 14.1. The predicted octanol–water partition coefficient (Wildman–Crippen LogP) is 2.77. The van der Waals surface area contributed by atoms with E-state index in [0.717, 1.165) is 14.1 Å². The third kappa shape index (κ3) is 2.56. The van der Waals surface area contributed by atoms with E-state index >= 15 is 0 Å². The summed E-state index contributed by atoms with van der Waals surface area (Å²) in [6.45, 7) is 1.45. The predicted molar refractivity (Wildman–Crippen MR) is 72.4 cm³/mol. The number of nitrogens with zero attached hydrogens (tertiary/aromatic N) is 2. The molecule has 0 unspecified atom stereocenters. The van der Waals surface area contributed by atoms with E-state index in [1.54, 1.807) is 0 Å². The van der Waals surface area contributed by atoms with Gasteiger partial charge in [-0.05, 0) is 28.7 Å². The van der Waals surface area contributed by atoms with Gasteiger partial charge in [0.25, 0.3) is 0 Å². The van der Waals surface area contributed by atoms with Crippen molar-refractivity contribution in [1.29, 1.82) is 0 Å². The number of carbonyl (C=O) groups excluding carboxylic acids is 1. The van der Waals surface area contributed by atoms with Gasteiger partial charge in [-0.1, -0.05) is 29.5 Å². The lowest BCUT2D eigenvalue weighted by Gasteiger charge is -1.97. The zero-order valence-electron chi connectivity index (χ0n) is 8.40. The number of nitrogens with one attached hydrogen (secondary N) is 1. The van der Waals surface area contributed by atoms with E-state index in [0.29, 0.717) is 5.13 Å². The largest absolute Gasteiger partial charge is 0.301 e. The van der Waals surface area contributed by atoms with Crippen LogP contribution in [-0.4, -0.2) is 16.1 Å². The van der Waals surface area contributed by atoms with Gasteiger partial charge in [0, 0.05) is 16.1 Å². The highest BCUT2D eigenvalue weighted by Gasteiger charge is 2.09. The number of amides is 1. The van der Waals surface area contributed by atoms with Gasteiger partial charge in [0.1, 0.15) is 0 Å². The van der Waals surface area contributed by atoms with Crippen molar-refractivity contribution in [3.05, 3.63) is 27.8 Å². The minimum Gasteiger partial charge on any atom is -0.301 e. The van der Waals surface area contributed by atoms with Crippen LogP contribution in [-0.2, 0) is 4.79 Å². The average molecular weight is 345 g/mol. The van der Waals surface area contributed by atoms with E-state index in [1.807, 2.05) is 24.3 Å². The molecule has 0 fully saturated rings. The number of anilines is 1. The van der Waals surface area contributed by atoms with E-state index in [1.165, 1.54) is 18.3 Å². The van der Waals surface area contributed by atoms with Crippen LogP contribution in [0.5, 0.6) is 0 Å². The average Bonchev–Trinajstić information content (AvgIpc) is 2.66. The summed E-state index contributed by atoms with van der Waals surface area (Å²) in [6, 6.07) is 7.92. The van der Waals surface area contributed by atoms with Crippen LogP contribution in [0.4, 0.5) is 5.13 Å². The molecular weight excluding hydrogens is 337 g/mol. The summed E-state index contributed by atoms with van der Waals surface area (Å²) in [7, 11) is 0. The Balaban J connectivity index is 2.32. The number of hydrogen-bond acceptors (Lipinski definition) is 4. The number of aromatic nitrogens is 2. The van der Waals surface area contributed by atoms with Crippen LogP contribution in [0.25, 0.3) is 10.6 Å². The Morgan fingerprint density at radius 2 is 2.12 bits per heavy atom. The Kier molecular flexibility index (Phi) is 3.49. The molecule has 0 aliphatic rings. The second-order valence-corrected chi connectivity index (χ2v) is 5.21. The first-order chi connectivity index (χ1) is 7.66. The van der Waals surface area contributed by atoms with Crippen LogP contribution in [0.15, 0.2) is 24.3 Å². The lowest BCUT2D eigenvalue weighted by molar-refractivity contribution is -0.114. The maximum absolute atomic E-state index is 10.9. The van der Waals surface area contributed by atoms with Gasteiger partial charge in [-0.3, -0.25) is 4.79 Å². The molecule has 6 heteroatoms. The van der Waals surface area contributed by atoms with Crippen LogP contribution >= 0.6 is 33.9 Å². The minimum absolute atomic E-state index is 0.134. The first-order valence-electron chi connectivity index (χ1n) is 4.53. The Labute approximate surface area is 110 Å². The highest BCUT2D eigenvalue weighted by atomic mass is 127. The molecule has 0 aliphatic heterocycles. The quantitative estimate of drug-likeness (QED) is 0.852. The summed E-state index contributed by atoms with van der Waals surface area (Å²) in [5, 5.41) is 11.9. The molecular formula is C10H8IN3OS. The molecule has 0 radical (unpaired) electrons. The zero-order chi connectivity index (χ0) is 11.5. The Morgan fingerprint density at radius 3 is 2.81 bits per heavy atom. The van der Waals surface area contributed by atoms with Crippen molar-refractivity contribution in [3.63, 3.8) is 0 Å². The normalized spacial score (nSPS) is 10.1. The van der Waals surface area contributed by atoms with Crippen molar-refractivity contribution in [3.8, 4) is 10.6 Å². The molecule has 2 rings (SSSR count). The Hall–Kier alpha value is -1.02. The lowest BCUT2D eigenvalue weighted by Crippen LogP contribution is -2.04. The molecule has 1 heterocycles. The molecule has 1 amide bonds. The van der Waals surface area contributed by atoms with E-state index in [9.17, 15) is 4.79 Å². The van der Waals surface area contributed by atoms with E-state index in [2.05, 4.69) is 38.1 Å². The van der Waals surface area contributed by atoms with E-state index in [4.69, 9.17) is 0 Å². The van der Waals surface area contributed by atoms with Crippen LogP contribution < -0.4 is 5.32 Å². The standard InChI is InChI=1S/C10H8IN3OS/c1-6(15)12-10-14-13-9(16-10)7-4-2-3-5-8(7)11/h2-5H,1H3,(H,12,14,15). The van der Waals surface area contributed by atoms with Gasteiger partial charge in [0.15, 0.2) is 5.01 Å². The molecule has 0 spiro atoms. The molecule has 0 bridgehead atoms. The highest BCUT2D eigenvalue weighted by Crippen LogP contribution is 2.29. The Bertz CT molecular complexity index is 526. The molecule has 0 saturated heterocycles. The molecule has 2 aromatic rings. The van der Waals surface area contributed by atoms with E-state index < -0.39 is 0 Å². The van der Waals surface area contributed by atoms with Crippen molar-refractivity contribution in [2.75, 3.05) is 5.32 Å². The molecule has 1 N–H and O–H groups in total. The third-order valence-electron chi connectivity index (χ3n) is 1.81. The summed E-state index contributed by atoms with van der Waals surface area (Å²) in [4.78, 5) is 10.9. The van der Waals surface area contributed by atoms with Crippen LogP contribution in [0.1, 0.15) is 6.92 Å². The van der Waals surface area contributed by atoms with Crippen LogP contribution in [0, 0.1) is 3.57 Å². The fourth-order valence-corrected chi connectivity index (χ4v) is 2.82. The van der Waals surface area contributed by atoms with Crippen molar-refractivity contribution < 1.29 is 4.79 Å². The molecule has 16 heavy (non-hydrogen) atoms. The van der Waals surface area contributed by atoms with Crippen molar-refractivity contribution in [1.82, 2.24) is 10.2 Å². The lowest BCUT2D eigenvalue weighted by atomic mass is 10.2. The van der Waals surface area contributed by atoms with E-state index in [-0.39, 0.29) is 5.91 Å². The van der Waals surface area contributed by atoms with Gasteiger partial charge in [0.05, 0.1) is 0 Å². The first-order valence-corrected chi connectivity index (χ1v) is 6.42. The maximum Gasteiger partial charge on any atom is 0.223 e. The number of hydrogen-bond donors (Lipinski definition) is 1. The van der Waals surface area contributed by atoms with Gasteiger partial charge in [-0.15, -0.1) is 10.2 Å². The number of halogens is 1. The second kappa shape index (κ2) is 4.88. The molecule has 82 valence electrons. The number of rotatable bonds is 2. The summed E-state index contributed by atoms with van der Waals surface area (Å²) >= 11 is 3.62. The van der Waals surface area contributed by atoms with Gasteiger partial charge in [-0.2, -0.15) is 0 Å². The minimum atomic E-state index is -0.134. The monoisotopic (exact) mass is 345 g/mol. The van der Waals surface area contributed by atoms with Gasteiger partial charge in [-0.25, -0.2) is 0 Å². The summed E-state index contributed by atoms with van der Waals surface area (Å²) in [5.74, 6) is -0.134. The fourth-order valence-electron chi connectivity index (χ4n) is 1.17. The third-order valence-corrected chi connectivity index (χ3v) is 3.62. The molecule has 1 aromatic carbocycles. The zero-order valence-corrected chi connectivity index (χ0v) is 11.4. The van der Waals surface area contributed by atoms with Gasteiger partial charge in [0.2, 0.25) is 11.0 Å². The maximum atomic E-state index is 10.9. The van der Waals surface area contributed by atoms with Crippen LogP contribution in [0.3, 0.4) is 0 Å². The molecule has 0 atom stereocenters. The number of carbonyl (C=O) groups is 1.